The second-order valence-corrected chi connectivity index (χ2v) is 5.89. The lowest BCUT2D eigenvalue weighted by Crippen LogP contribution is -2.16. The Hall–Kier alpha value is -2.22. The van der Waals surface area contributed by atoms with E-state index in [1.807, 2.05) is 0 Å². The van der Waals surface area contributed by atoms with Crippen LogP contribution in [0.5, 0.6) is 0 Å². The lowest BCUT2D eigenvalue weighted by atomic mass is 10.4. The monoisotopic (exact) mass is 293 g/mol. The van der Waals surface area contributed by atoms with Gasteiger partial charge in [-0.3, -0.25) is 0 Å². The third kappa shape index (κ3) is 3.21. The summed E-state index contributed by atoms with van der Waals surface area (Å²) in [5.74, 6) is 0.527. The Morgan fingerprint density at radius 1 is 1.10 bits per heavy atom. The lowest BCUT2D eigenvalue weighted by Gasteiger charge is -2.08. The van der Waals surface area contributed by atoms with Crippen molar-refractivity contribution in [2.75, 3.05) is 17.1 Å². The molecule has 106 valence electrons. The molecule has 0 amide bonds. The standard InChI is InChI=1S/C12H15N5O2S/c1-8-6-9(2)16-12(15-8)17-20(18,19)10-4-5-14-11(7-10)13-3/h4-7H,1-3H3,(H,13,14)(H,15,16,17). The summed E-state index contributed by atoms with van der Waals surface area (Å²) in [5.41, 5.74) is 1.39. The van der Waals surface area contributed by atoms with Crippen molar-refractivity contribution in [3.8, 4) is 0 Å². The van der Waals surface area contributed by atoms with Gasteiger partial charge in [0, 0.05) is 30.7 Å². The summed E-state index contributed by atoms with van der Waals surface area (Å²) in [6.45, 7) is 3.55. The summed E-state index contributed by atoms with van der Waals surface area (Å²) in [7, 11) is -2.07. The molecule has 0 aromatic carbocycles. The Bertz CT molecular complexity index is 710. The minimum absolute atomic E-state index is 0.0605. The first-order chi connectivity index (χ1) is 9.40. The number of nitrogens with zero attached hydrogens (tertiary/aromatic N) is 3. The number of pyridine rings is 1. The predicted octanol–water partition coefficient (Wildman–Crippen LogP) is 1.33. The summed E-state index contributed by atoms with van der Waals surface area (Å²) in [6.07, 6.45) is 1.42. The fourth-order valence-corrected chi connectivity index (χ4v) is 2.62. The van der Waals surface area contributed by atoms with Crippen molar-refractivity contribution in [2.45, 2.75) is 18.7 Å². The SMILES string of the molecule is CNc1cc(S(=O)(=O)Nc2nc(C)cc(C)n2)ccn1. The van der Waals surface area contributed by atoms with Gasteiger partial charge < -0.3 is 5.32 Å². The fraction of sp³-hybridized carbons (Fsp3) is 0.250. The Labute approximate surface area is 117 Å². The third-order valence-corrected chi connectivity index (χ3v) is 3.83. The molecule has 0 saturated heterocycles. The van der Waals surface area contributed by atoms with Gasteiger partial charge in [0.2, 0.25) is 5.95 Å². The molecule has 2 heterocycles. The first-order valence-electron chi connectivity index (χ1n) is 5.89. The fourth-order valence-electron chi connectivity index (χ4n) is 1.67. The summed E-state index contributed by atoms with van der Waals surface area (Å²) in [5, 5.41) is 2.79. The van der Waals surface area contributed by atoms with Crippen molar-refractivity contribution >= 4 is 21.8 Å². The molecule has 0 aliphatic carbocycles. The minimum atomic E-state index is -3.73. The van der Waals surface area contributed by atoms with Gasteiger partial charge in [0.1, 0.15) is 5.82 Å². The van der Waals surface area contributed by atoms with Crippen LogP contribution in [0.15, 0.2) is 29.3 Å². The van der Waals surface area contributed by atoms with Crippen LogP contribution in [0.25, 0.3) is 0 Å². The zero-order valence-corrected chi connectivity index (χ0v) is 12.2. The van der Waals surface area contributed by atoms with E-state index in [0.717, 1.165) is 0 Å². The second kappa shape index (κ2) is 5.41. The van der Waals surface area contributed by atoms with Gasteiger partial charge in [0.25, 0.3) is 10.0 Å². The normalized spacial score (nSPS) is 11.2. The zero-order chi connectivity index (χ0) is 14.8. The highest BCUT2D eigenvalue weighted by molar-refractivity contribution is 7.92. The third-order valence-electron chi connectivity index (χ3n) is 2.51. The predicted molar refractivity (Wildman–Crippen MR) is 76.1 cm³/mol. The Kier molecular flexibility index (Phi) is 3.84. The molecular formula is C12H15N5O2S. The van der Waals surface area contributed by atoms with E-state index < -0.39 is 10.0 Å². The molecule has 2 aromatic heterocycles. The second-order valence-electron chi connectivity index (χ2n) is 4.21. The molecule has 0 saturated carbocycles. The van der Waals surface area contributed by atoms with Gasteiger partial charge >= 0.3 is 0 Å². The van der Waals surface area contributed by atoms with Gasteiger partial charge in [0.05, 0.1) is 4.90 Å². The lowest BCUT2D eigenvalue weighted by molar-refractivity contribution is 0.600. The van der Waals surface area contributed by atoms with Crippen LogP contribution >= 0.6 is 0 Å². The molecule has 7 nitrogen and oxygen atoms in total. The molecule has 0 aliphatic heterocycles. The molecule has 2 rings (SSSR count). The van der Waals surface area contributed by atoms with E-state index in [4.69, 9.17) is 0 Å². The van der Waals surface area contributed by atoms with Crippen molar-refractivity contribution in [1.82, 2.24) is 15.0 Å². The van der Waals surface area contributed by atoms with Crippen molar-refractivity contribution in [3.63, 3.8) is 0 Å². The van der Waals surface area contributed by atoms with Gasteiger partial charge in [-0.15, -0.1) is 0 Å². The molecule has 0 aliphatic rings. The highest BCUT2D eigenvalue weighted by Gasteiger charge is 2.16. The molecule has 0 spiro atoms. The number of nitrogens with one attached hydrogen (secondary N) is 2. The quantitative estimate of drug-likeness (QED) is 0.882. The zero-order valence-electron chi connectivity index (χ0n) is 11.4. The summed E-state index contributed by atoms with van der Waals surface area (Å²) in [6, 6.07) is 4.61. The van der Waals surface area contributed by atoms with Gasteiger partial charge in [-0.25, -0.2) is 28.1 Å². The van der Waals surface area contributed by atoms with E-state index in [-0.39, 0.29) is 10.8 Å². The molecule has 0 bridgehead atoms. The number of anilines is 2. The summed E-state index contributed by atoms with van der Waals surface area (Å²) in [4.78, 5) is 12.2. The molecular weight excluding hydrogens is 278 g/mol. The van der Waals surface area contributed by atoms with Crippen molar-refractivity contribution in [1.29, 1.82) is 0 Å². The van der Waals surface area contributed by atoms with Gasteiger partial charge in [0.15, 0.2) is 0 Å². The highest BCUT2D eigenvalue weighted by Crippen LogP contribution is 2.15. The van der Waals surface area contributed by atoms with E-state index in [1.165, 1.54) is 18.3 Å². The first-order valence-corrected chi connectivity index (χ1v) is 7.38. The molecule has 20 heavy (non-hydrogen) atoms. The highest BCUT2D eigenvalue weighted by atomic mass is 32.2. The summed E-state index contributed by atoms with van der Waals surface area (Å²) < 4.78 is 26.9. The van der Waals surface area contributed by atoms with E-state index in [9.17, 15) is 8.42 Å². The topological polar surface area (TPSA) is 96.9 Å². The maximum atomic E-state index is 12.2. The van der Waals surface area contributed by atoms with Crippen LogP contribution in [-0.2, 0) is 10.0 Å². The Morgan fingerprint density at radius 2 is 1.75 bits per heavy atom. The van der Waals surface area contributed by atoms with Crippen LogP contribution < -0.4 is 10.0 Å². The van der Waals surface area contributed by atoms with Crippen LogP contribution in [0, 0.1) is 13.8 Å². The molecule has 2 aromatic rings. The molecule has 0 unspecified atom stereocenters. The number of hydrogen-bond donors (Lipinski definition) is 2. The number of hydrogen-bond acceptors (Lipinski definition) is 6. The molecule has 0 atom stereocenters. The number of rotatable bonds is 4. The van der Waals surface area contributed by atoms with E-state index in [0.29, 0.717) is 17.2 Å². The number of sulfonamides is 1. The number of aromatic nitrogens is 3. The smallest absolute Gasteiger partial charge is 0.264 e. The average Bonchev–Trinajstić information content (AvgIpc) is 2.37. The number of aryl methyl sites for hydroxylation is 2. The molecule has 0 radical (unpaired) electrons. The minimum Gasteiger partial charge on any atom is -0.373 e. The van der Waals surface area contributed by atoms with Gasteiger partial charge in [-0.1, -0.05) is 0 Å². The first kappa shape index (κ1) is 14.2. The van der Waals surface area contributed by atoms with Crippen LogP contribution in [0.3, 0.4) is 0 Å². The van der Waals surface area contributed by atoms with Crippen LogP contribution in [0.2, 0.25) is 0 Å². The van der Waals surface area contributed by atoms with Crippen LogP contribution in [0.4, 0.5) is 11.8 Å². The average molecular weight is 293 g/mol. The summed E-state index contributed by atoms with van der Waals surface area (Å²) >= 11 is 0. The van der Waals surface area contributed by atoms with Crippen LogP contribution in [0.1, 0.15) is 11.4 Å². The van der Waals surface area contributed by atoms with Crippen molar-refractivity contribution in [2.24, 2.45) is 0 Å². The van der Waals surface area contributed by atoms with Crippen LogP contribution in [-0.4, -0.2) is 30.4 Å². The van der Waals surface area contributed by atoms with Crippen molar-refractivity contribution in [3.05, 3.63) is 35.8 Å². The van der Waals surface area contributed by atoms with Crippen molar-refractivity contribution < 1.29 is 8.42 Å². The van der Waals surface area contributed by atoms with E-state index in [1.54, 1.807) is 27.0 Å². The maximum Gasteiger partial charge on any atom is 0.264 e. The molecule has 0 fully saturated rings. The molecule has 2 N–H and O–H groups in total. The largest absolute Gasteiger partial charge is 0.373 e. The molecule has 8 heteroatoms. The van der Waals surface area contributed by atoms with E-state index >= 15 is 0 Å². The van der Waals surface area contributed by atoms with Gasteiger partial charge in [-0.05, 0) is 26.0 Å². The van der Waals surface area contributed by atoms with Gasteiger partial charge in [-0.2, -0.15) is 0 Å². The Balaban J connectivity index is 2.35. The Morgan fingerprint density at radius 3 is 2.35 bits per heavy atom. The van der Waals surface area contributed by atoms with E-state index in [2.05, 4.69) is 25.0 Å². The maximum absolute atomic E-state index is 12.2.